The van der Waals surface area contributed by atoms with Gasteiger partial charge in [-0.2, -0.15) is 0 Å². The summed E-state index contributed by atoms with van der Waals surface area (Å²) in [5.41, 5.74) is 18.4. The molecule has 0 saturated carbocycles. The van der Waals surface area contributed by atoms with Crippen LogP contribution in [0, 0.1) is 0 Å². The highest BCUT2D eigenvalue weighted by Gasteiger charge is 2.44. The van der Waals surface area contributed by atoms with Gasteiger partial charge >= 0.3 is 0 Å². The second-order valence-electron chi connectivity index (χ2n) is 17.2. The molecule has 2 aliphatic rings. The van der Waals surface area contributed by atoms with Crippen LogP contribution in [0.15, 0.2) is 224 Å². The average molecular weight is 817 g/mol. The maximum atomic E-state index is 2.57. The number of anilines is 2. The first-order chi connectivity index (χ1) is 31.8. The summed E-state index contributed by atoms with van der Waals surface area (Å²) in [7, 11) is 0. The second kappa shape index (κ2) is 13.6. The Hall–Kier alpha value is -8.34. The molecule has 0 bridgehead atoms. The highest BCUT2D eigenvalue weighted by Crippen LogP contribution is 2.57. The van der Waals surface area contributed by atoms with Gasteiger partial charge in [0.2, 0.25) is 0 Å². The first-order valence-electron chi connectivity index (χ1n) is 22.3. The van der Waals surface area contributed by atoms with Gasteiger partial charge in [0.05, 0.1) is 39.3 Å². The predicted molar refractivity (Wildman–Crippen MR) is 267 cm³/mol. The number of nitrogens with zero attached hydrogens (tertiary/aromatic N) is 4. The number of aromatic nitrogens is 3. The van der Waals surface area contributed by atoms with Gasteiger partial charge in [-0.3, -0.25) is 0 Å². The normalized spacial score (nSPS) is 15.4. The number of hydrogen-bond acceptors (Lipinski definition) is 1. The van der Waals surface area contributed by atoms with Crippen LogP contribution < -0.4 is 4.90 Å². The Morgan fingerprint density at radius 2 is 0.781 bits per heavy atom. The third kappa shape index (κ3) is 4.93. The van der Waals surface area contributed by atoms with Gasteiger partial charge in [-0.1, -0.05) is 158 Å². The minimum Gasteiger partial charge on any atom is -0.331 e. The molecule has 3 aromatic heterocycles. The zero-order valence-electron chi connectivity index (χ0n) is 34.9. The Labute approximate surface area is 370 Å². The first-order valence-corrected chi connectivity index (χ1v) is 22.3. The van der Waals surface area contributed by atoms with E-state index in [2.05, 4.69) is 249 Å². The number of para-hydroxylation sites is 6. The fraction of sp³-hybridized carbons (Fsp3) is 0.0333. The molecule has 64 heavy (non-hydrogen) atoms. The van der Waals surface area contributed by atoms with E-state index in [0.717, 1.165) is 11.4 Å². The fourth-order valence-electron chi connectivity index (χ4n) is 11.3. The molecular weight excluding hydrogens is 777 g/mol. The van der Waals surface area contributed by atoms with Crippen LogP contribution in [0.3, 0.4) is 0 Å². The van der Waals surface area contributed by atoms with Crippen LogP contribution in [-0.2, 0) is 0 Å². The van der Waals surface area contributed by atoms with E-state index in [4.69, 9.17) is 0 Å². The minimum absolute atomic E-state index is 0.107. The van der Waals surface area contributed by atoms with Crippen LogP contribution in [0.2, 0.25) is 0 Å². The Kier molecular flexibility index (Phi) is 7.48. The lowest BCUT2D eigenvalue weighted by Gasteiger charge is -2.33. The molecule has 2 unspecified atom stereocenters. The van der Waals surface area contributed by atoms with E-state index < -0.39 is 0 Å². The fourth-order valence-corrected chi connectivity index (χ4v) is 11.3. The van der Waals surface area contributed by atoms with E-state index in [0.29, 0.717) is 0 Å². The summed E-state index contributed by atoms with van der Waals surface area (Å²) in [6, 6.07) is 80.3. The number of benzene rings is 9. The molecule has 1 aliphatic carbocycles. The van der Waals surface area contributed by atoms with Gasteiger partial charge in [0.1, 0.15) is 0 Å². The summed E-state index contributed by atoms with van der Waals surface area (Å²) in [6.07, 6.45) is 4.81. The van der Waals surface area contributed by atoms with Gasteiger partial charge in [-0.25, -0.2) is 0 Å². The smallest absolute Gasteiger partial charge is 0.0856 e. The van der Waals surface area contributed by atoms with Crippen molar-refractivity contribution in [1.82, 2.24) is 13.7 Å². The van der Waals surface area contributed by atoms with Crippen LogP contribution in [0.4, 0.5) is 11.4 Å². The standard InChI is InChI=1S/C60H40N4/c1-3-15-41(16-4-1)61-53-23-11-7-19-45(53)49-35-37-51-47-21-9-13-25-55(47)63(59(51)57(49)61)43-31-27-39(28-32-43)40-29-33-44(34-30-40)64-56-26-14-10-22-48(56)52-38-36-50-46-20-8-12-24-54(46)62(58(50)60(52)64)42-17-5-2-6-18-42/h1-38,49,57H. The minimum atomic E-state index is 0.107. The molecule has 9 aromatic carbocycles. The van der Waals surface area contributed by atoms with Crippen LogP contribution in [0.1, 0.15) is 28.8 Å². The molecule has 4 heteroatoms. The van der Waals surface area contributed by atoms with E-state index in [-0.39, 0.29) is 12.0 Å². The van der Waals surface area contributed by atoms with Crippen molar-refractivity contribution in [3.8, 4) is 28.2 Å². The van der Waals surface area contributed by atoms with Crippen LogP contribution >= 0.6 is 0 Å². The van der Waals surface area contributed by atoms with Crippen molar-refractivity contribution in [3.05, 3.63) is 241 Å². The molecule has 1 aliphatic heterocycles. The van der Waals surface area contributed by atoms with Gasteiger partial charge in [-0.15, -0.1) is 0 Å². The molecule has 300 valence electrons. The Bertz CT molecular complexity index is 3830. The molecule has 2 atom stereocenters. The number of hydrogen-bond donors (Lipinski definition) is 0. The average Bonchev–Trinajstić information content (AvgIpc) is 4.10. The summed E-state index contributed by atoms with van der Waals surface area (Å²) in [6.45, 7) is 0. The Morgan fingerprint density at radius 3 is 1.38 bits per heavy atom. The van der Waals surface area contributed by atoms with Crippen molar-refractivity contribution in [2.75, 3.05) is 4.90 Å². The van der Waals surface area contributed by atoms with Crippen molar-refractivity contribution in [2.45, 2.75) is 12.0 Å². The highest BCUT2D eigenvalue weighted by molar-refractivity contribution is 6.23. The monoisotopic (exact) mass is 816 g/mol. The van der Waals surface area contributed by atoms with Crippen LogP contribution in [0.25, 0.3) is 88.8 Å². The molecule has 0 spiro atoms. The Balaban J connectivity index is 0.898. The molecular formula is C60H40N4. The second-order valence-corrected chi connectivity index (χ2v) is 17.2. The van der Waals surface area contributed by atoms with Gasteiger partial charge < -0.3 is 18.6 Å². The van der Waals surface area contributed by atoms with E-state index >= 15 is 0 Å². The Morgan fingerprint density at radius 1 is 0.328 bits per heavy atom. The van der Waals surface area contributed by atoms with E-state index in [1.54, 1.807) is 0 Å². The van der Waals surface area contributed by atoms with Crippen molar-refractivity contribution in [1.29, 1.82) is 0 Å². The molecule has 0 N–H and O–H groups in total. The number of fused-ring (bicyclic) bond motifs is 14. The summed E-state index contributed by atoms with van der Waals surface area (Å²) in [4.78, 5) is 2.57. The summed E-state index contributed by atoms with van der Waals surface area (Å²) in [5, 5.41) is 6.28. The third-order valence-electron chi connectivity index (χ3n) is 14.0. The van der Waals surface area contributed by atoms with Gasteiger partial charge in [0.25, 0.3) is 0 Å². The highest BCUT2D eigenvalue weighted by atomic mass is 15.2. The third-order valence-corrected chi connectivity index (χ3v) is 14.0. The van der Waals surface area contributed by atoms with Crippen LogP contribution in [-0.4, -0.2) is 13.7 Å². The molecule has 0 fully saturated rings. The van der Waals surface area contributed by atoms with Crippen LogP contribution in [0.5, 0.6) is 0 Å². The topological polar surface area (TPSA) is 18.0 Å². The van der Waals surface area contributed by atoms with Gasteiger partial charge in [0.15, 0.2) is 0 Å². The van der Waals surface area contributed by atoms with Crippen molar-refractivity contribution < 1.29 is 0 Å². The summed E-state index contributed by atoms with van der Waals surface area (Å²) < 4.78 is 7.45. The predicted octanol–water partition coefficient (Wildman–Crippen LogP) is 15.5. The number of rotatable bonds is 5. The molecule has 12 aromatic rings. The first kappa shape index (κ1) is 35.3. The van der Waals surface area contributed by atoms with E-state index in [1.807, 2.05) is 0 Å². The zero-order valence-corrected chi connectivity index (χ0v) is 34.9. The van der Waals surface area contributed by atoms with Gasteiger partial charge in [0, 0.05) is 66.8 Å². The molecule has 14 rings (SSSR count). The van der Waals surface area contributed by atoms with E-state index in [1.165, 1.54) is 99.5 Å². The molecule has 0 saturated heterocycles. The lowest BCUT2D eigenvalue weighted by Crippen LogP contribution is -2.26. The summed E-state index contributed by atoms with van der Waals surface area (Å²) >= 11 is 0. The lowest BCUT2D eigenvalue weighted by molar-refractivity contribution is 0.636. The molecule has 0 radical (unpaired) electrons. The maximum absolute atomic E-state index is 2.57. The maximum Gasteiger partial charge on any atom is 0.0856 e. The van der Waals surface area contributed by atoms with Crippen molar-refractivity contribution >= 4 is 72.0 Å². The van der Waals surface area contributed by atoms with Crippen molar-refractivity contribution in [2.24, 2.45) is 0 Å². The van der Waals surface area contributed by atoms with Gasteiger partial charge in [-0.05, 0) is 89.5 Å². The molecule has 4 nitrogen and oxygen atoms in total. The van der Waals surface area contributed by atoms with Crippen molar-refractivity contribution in [3.63, 3.8) is 0 Å². The summed E-state index contributed by atoms with van der Waals surface area (Å²) in [5.74, 6) is 0.233. The zero-order chi connectivity index (χ0) is 41.9. The largest absolute Gasteiger partial charge is 0.331 e. The SMILES string of the molecule is C1=CC2c3ccccc3N(c3ccccc3)C2c2c1c1ccccc1n2-c1ccc(-c2ccc(-n3c4ccccc4c4ccc5c6ccccc6n(-c6ccccc6)c5c43)cc2)cc1. The van der Waals surface area contributed by atoms with E-state index in [9.17, 15) is 0 Å². The molecule has 0 amide bonds. The lowest BCUT2D eigenvalue weighted by atomic mass is 9.86. The molecule has 4 heterocycles. The quantitative estimate of drug-likeness (QED) is 0.169.